The van der Waals surface area contributed by atoms with Crippen LogP contribution in [0.3, 0.4) is 0 Å². The van der Waals surface area contributed by atoms with Crippen LogP contribution in [-0.4, -0.2) is 36.0 Å². The highest BCUT2D eigenvalue weighted by molar-refractivity contribution is 7.92. The molecule has 172 valence electrons. The Bertz CT molecular complexity index is 1170. The van der Waals surface area contributed by atoms with Gasteiger partial charge in [-0.3, -0.25) is 0 Å². The van der Waals surface area contributed by atoms with Crippen LogP contribution in [0.15, 0.2) is 41.7 Å². The molecule has 1 N–H and O–H groups in total. The second kappa shape index (κ2) is 9.90. The van der Waals surface area contributed by atoms with E-state index in [4.69, 9.17) is 0 Å². The summed E-state index contributed by atoms with van der Waals surface area (Å²) in [7, 11) is -2.03. The summed E-state index contributed by atoms with van der Waals surface area (Å²) in [5.41, 5.74) is 1.20. The van der Waals surface area contributed by atoms with E-state index in [1.165, 1.54) is 35.6 Å². The van der Waals surface area contributed by atoms with Crippen molar-refractivity contribution in [2.45, 2.75) is 49.8 Å². The van der Waals surface area contributed by atoms with Gasteiger partial charge in [0.25, 0.3) is 0 Å². The largest absolute Gasteiger partial charge is 0.314 e. The predicted molar refractivity (Wildman–Crippen MR) is 129 cm³/mol. The summed E-state index contributed by atoms with van der Waals surface area (Å²) in [5.74, 6) is 0.813. The van der Waals surface area contributed by atoms with Crippen LogP contribution < -0.4 is 9.62 Å². The number of thiazole rings is 1. The number of rotatable bonds is 8. The Kier molecular flexibility index (Phi) is 7.18. The number of hydrogen-bond acceptors (Lipinski definition) is 7. The third-order valence-corrected chi connectivity index (χ3v) is 8.90. The molecular weight excluding hydrogens is 469 g/mol. The van der Waals surface area contributed by atoms with Crippen molar-refractivity contribution in [2.75, 3.05) is 18.5 Å². The number of imidazole rings is 1. The first-order valence-electron chi connectivity index (χ1n) is 10.6. The number of nitrogens with zero attached hydrogens (tertiary/aromatic N) is 4. The first kappa shape index (κ1) is 23.2. The fourth-order valence-corrected chi connectivity index (χ4v) is 6.85. The monoisotopic (exact) mass is 495 g/mol. The number of aromatic nitrogens is 3. The molecule has 3 aromatic rings. The van der Waals surface area contributed by atoms with Crippen molar-refractivity contribution in [1.29, 1.82) is 0 Å². The second-order valence-electron chi connectivity index (χ2n) is 7.76. The molecule has 1 aliphatic carbocycles. The van der Waals surface area contributed by atoms with Crippen molar-refractivity contribution in [3.63, 3.8) is 0 Å². The minimum atomic E-state index is -3.75. The predicted octanol–water partition coefficient (Wildman–Crippen LogP) is 5.50. The van der Waals surface area contributed by atoms with Gasteiger partial charge in [0.05, 0.1) is 14.8 Å². The zero-order valence-electron chi connectivity index (χ0n) is 18.0. The maximum absolute atomic E-state index is 13.2. The molecule has 0 bridgehead atoms. The van der Waals surface area contributed by atoms with Crippen molar-refractivity contribution >= 4 is 45.3 Å². The van der Waals surface area contributed by atoms with Gasteiger partial charge in [-0.2, -0.15) is 0 Å². The third kappa shape index (κ3) is 4.70. The number of benzene rings is 1. The molecule has 0 amide bonds. The van der Waals surface area contributed by atoms with Gasteiger partial charge < -0.3 is 4.90 Å². The van der Waals surface area contributed by atoms with Crippen LogP contribution >= 0.6 is 23.7 Å². The molecule has 32 heavy (non-hydrogen) atoms. The van der Waals surface area contributed by atoms with Crippen molar-refractivity contribution < 1.29 is 12.3 Å². The molecule has 0 radical (unpaired) electrons. The molecule has 0 atom stereocenters. The van der Waals surface area contributed by atoms with E-state index in [0.717, 1.165) is 22.7 Å². The first-order valence-corrected chi connectivity index (χ1v) is 13.6. The average molecular weight is 496 g/mol. The van der Waals surface area contributed by atoms with Crippen LogP contribution in [0.2, 0.25) is 0 Å². The maximum atomic E-state index is 13.2. The first-order chi connectivity index (χ1) is 15.4. The van der Waals surface area contributed by atoms with E-state index in [1.54, 1.807) is 48.5 Å². The van der Waals surface area contributed by atoms with Gasteiger partial charge in [-0.1, -0.05) is 32.3 Å². The Morgan fingerprint density at radius 3 is 2.78 bits per heavy atom. The van der Waals surface area contributed by atoms with Gasteiger partial charge in [0, 0.05) is 49.4 Å². The van der Waals surface area contributed by atoms with E-state index in [-0.39, 0.29) is 23.8 Å². The Balaban J connectivity index is 1.75. The number of halogens is 1. The molecule has 0 aliphatic heterocycles. The molecular formula is C21H26FN5O2S3. The van der Waals surface area contributed by atoms with Gasteiger partial charge >= 0.3 is 0 Å². The fraction of sp³-hybridized carbons (Fsp3) is 0.429. The van der Waals surface area contributed by atoms with Crippen molar-refractivity contribution in [1.82, 2.24) is 18.7 Å². The van der Waals surface area contributed by atoms with Crippen molar-refractivity contribution in [3.05, 3.63) is 41.8 Å². The lowest BCUT2D eigenvalue weighted by Crippen LogP contribution is -2.24. The van der Waals surface area contributed by atoms with Gasteiger partial charge in [0.1, 0.15) is 0 Å². The summed E-state index contributed by atoms with van der Waals surface area (Å²) in [5, 5.41) is 1.08. The summed E-state index contributed by atoms with van der Waals surface area (Å²) in [6.07, 6.45) is 10.8. The van der Waals surface area contributed by atoms with Crippen LogP contribution in [0.4, 0.5) is 15.5 Å². The molecule has 0 saturated heterocycles. The van der Waals surface area contributed by atoms with Crippen molar-refractivity contribution in [3.8, 4) is 10.4 Å². The quantitative estimate of drug-likeness (QED) is 0.444. The topological polar surface area (TPSA) is 80.1 Å². The van der Waals surface area contributed by atoms with Gasteiger partial charge in [0.15, 0.2) is 12.3 Å². The summed E-state index contributed by atoms with van der Waals surface area (Å²) >= 11 is 1.61. The number of anilines is 2. The normalized spacial score (nSPS) is 15.2. The van der Waals surface area contributed by atoms with Gasteiger partial charge in [-0.15, -0.1) is 15.2 Å². The van der Waals surface area contributed by atoms with Crippen LogP contribution in [0.1, 0.15) is 50.0 Å². The molecule has 4 rings (SSSR count). The van der Waals surface area contributed by atoms with Gasteiger partial charge in [-0.05, 0) is 25.0 Å². The van der Waals surface area contributed by atoms with E-state index in [1.807, 2.05) is 6.07 Å². The van der Waals surface area contributed by atoms with Gasteiger partial charge in [0.2, 0.25) is 16.0 Å². The maximum Gasteiger partial charge on any atom is 0.241 e. The molecule has 2 heterocycles. The Morgan fingerprint density at radius 1 is 1.28 bits per heavy atom. The molecule has 7 nitrogen and oxygen atoms in total. The summed E-state index contributed by atoms with van der Waals surface area (Å²) in [6, 6.07) is 5.22. The molecule has 0 spiro atoms. The van der Waals surface area contributed by atoms with Gasteiger partial charge in [-0.25, -0.2) is 27.1 Å². The van der Waals surface area contributed by atoms with E-state index in [2.05, 4.69) is 14.7 Å². The highest BCUT2D eigenvalue weighted by atomic mass is 32.2. The van der Waals surface area contributed by atoms with Crippen molar-refractivity contribution in [2.24, 2.45) is 0 Å². The molecule has 0 unspecified atom stereocenters. The lowest BCUT2D eigenvalue weighted by Gasteiger charge is -2.20. The zero-order chi connectivity index (χ0) is 22.7. The number of hydrogen-bond donors (Lipinski definition) is 1. The van der Waals surface area contributed by atoms with E-state index in [9.17, 15) is 12.3 Å². The molecule has 1 fully saturated rings. The third-order valence-electron chi connectivity index (χ3n) is 5.68. The lowest BCUT2D eigenvalue weighted by molar-refractivity contribution is 0.442. The summed E-state index contributed by atoms with van der Waals surface area (Å²) < 4.78 is 43.2. The highest BCUT2D eigenvalue weighted by Gasteiger charge is 2.24. The SMILES string of the molecule is CCNS(=O)(=O)c1cc(N(C)c2nccn2SF)ccc1-c1cnc(C2CCCCC2)s1. The average Bonchev–Trinajstić information content (AvgIpc) is 3.48. The van der Waals surface area contributed by atoms with Crippen LogP contribution in [0, 0.1) is 0 Å². The molecule has 2 aromatic heterocycles. The lowest BCUT2D eigenvalue weighted by atomic mass is 9.90. The van der Waals surface area contributed by atoms with E-state index >= 15 is 0 Å². The zero-order valence-corrected chi connectivity index (χ0v) is 20.4. The minimum Gasteiger partial charge on any atom is -0.314 e. The Labute approximate surface area is 196 Å². The second-order valence-corrected chi connectivity index (χ2v) is 11.1. The Hall–Kier alpha value is -1.95. The summed E-state index contributed by atoms with van der Waals surface area (Å²) in [6.45, 7) is 2.02. The number of sulfonamides is 1. The standard InChI is InChI=1S/C21H26FN5O2S3/c1-3-25-32(28,29)19-13-16(26(2)21-23-11-12-27(21)31-22)9-10-17(19)18-14-24-20(30-18)15-7-5-4-6-8-15/h9-15,25H,3-8H2,1-2H3. The molecule has 11 heteroatoms. The summed E-state index contributed by atoms with van der Waals surface area (Å²) in [4.78, 5) is 11.5. The highest BCUT2D eigenvalue weighted by Crippen LogP contribution is 2.40. The van der Waals surface area contributed by atoms with Crippen LogP contribution in [0.25, 0.3) is 10.4 Å². The number of nitrogens with one attached hydrogen (secondary N) is 1. The fourth-order valence-electron chi connectivity index (χ4n) is 4.05. The smallest absolute Gasteiger partial charge is 0.241 e. The van der Waals surface area contributed by atoms with E-state index < -0.39 is 10.0 Å². The van der Waals surface area contributed by atoms with E-state index in [0.29, 0.717) is 23.1 Å². The molecule has 1 saturated carbocycles. The minimum absolute atomic E-state index is 0.0345. The molecule has 1 aromatic carbocycles. The molecule has 1 aliphatic rings. The van der Waals surface area contributed by atoms with Crippen LogP contribution in [0.5, 0.6) is 0 Å². The Morgan fingerprint density at radius 2 is 2.06 bits per heavy atom. The van der Waals surface area contributed by atoms with Crippen LogP contribution in [-0.2, 0) is 10.0 Å².